The second-order valence-corrected chi connectivity index (χ2v) is 9.66. The summed E-state index contributed by atoms with van der Waals surface area (Å²) in [4.78, 5) is 0. The van der Waals surface area contributed by atoms with Gasteiger partial charge in [-0.2, -0.15) is 0 Å². The number of hydrogen-bond acceptors (Lipinski definition) is 1. The number of hydrogen-bond donors (Lipinski definition) is 1. The molecule has 1 nitrogen and oxygen atoms in total. The van der Waals surface area contributed by atoms with Crippen LogP contribution in [0.3, 0.4) is 0 Å². The van der Waals surface area contributed by atoms with Gasteiger partial charge in [-0.3, -0.25) is 0 Å². The maximum absolute atomic E-state index is 4.13. The lowest BCUT2D eigenvalue weighted by Gasteiger charge is -2.65. The SMILES string of the molecule is C[C@@]12C[C@@H]3CC[C@@H]([C@H]1C3)[C@H]1C[C@@H]3[C@H]4CCC[C@]32C1NC4. The molecule has 6 rings (SSSR count). The molecule has 7 bridgehead atoms. The monoisotopic (exact) mass is 271 g/mol. The van der Waals surface area contributed by atoms with E-state index in [1.165, 1.54) is 13.0 Å². The molecule has 1 saturated heterocycles. The Morgan fingerprint density at radius 2 is 1.95 bits per heavy atom. The molecule has 5 aliphatic carbocycles. The van der Waals surface area contributed by atoms with Gasteiger partial charge >= 0.3 is 0 Å². The van der Waals surface area contributed by atoms with Crippen molar-refractivity contribution in [1.82, 2.24) is 5.32 Å². The molecule has 0 amide bonds. The van der Waals surface area contributed by atoms with E-state index < -0.39 is 0 Å². The topological polar surface area (TPSA) is 12.0 Å². The second kappa shape index (κ2) is 3.31. The summed E-state index contributed by atoms with van der Waals surface area (Å²) in [6.45, 7) is 4.14. The Hall–Kier alpha value is -0.0400. The summed E-state index contributed by atoms with van der Waals surface area (Å²) in [5.41, 5.74) is 1.45. The first-order chi connectivity index (χ1) is 9.74. The van der Waals surface area contributed by atoms with Crippen molar-refractivity contribution in [3.05, 3.63) is 0 Å². The lowest BCUT2D eigenvalue weighted by molar-refractivity contribution is -0.146. The second-order valence-electron chi connectivity index (χ2n) is 9.66. The van der Waals surface area contributed by atoms with Crippen LogP contribution in [0, 0.1) is 46.3 Å². The Bertz CT molecular complexity index is 472. The van der Waals surface area contributed by atoms with E-state index in [9.17, 15) is 0 Å². The van der Waals surface area contributed by atoms with Gasteiger partial charge < -0.3 is 5.32 Å². The average molecular weight is 271 g/mol. The van der Waals surface area contributed by atoms with Gasteiger partial charge in [-0.1, -0.05) is 19.8 Å². The first-order valence-corrected chi connectivity index (χ1v) is 9.47. The van der Waals surface area contributed by atoms with Gasteiger partial charge in [0, 0.05) is 6.04 Å². The number of rotatable bonds is 0. The zero-order valence-corrected chi connectivity index (χ0v) is 12.9. The summed E-state index contributed by atoms with van der Waals surface area (Å²) in [7, 11) is 0. The lowest BCUT2D eigenvalue weighted by atomic mass is 9.43. The third kappa shape index (κ3) is 0.970. The average Bonchev–Trinajstić information content (AvgIpc) is 2.80. The molecule has 110 valence electrons. The Morgan fingerprint density at radius 1 is 1.00 bits per heavy atom. The standard InChI is InChI=1S/C19H29N/c1-18-9-11-4-5-13(16(18)7-11)14-8-15-12-3-2-6-19(15,18)17(14)20-10-12/h11-17,20H,2-10H2,1H3/t11-,12+,13-,14-,15-,16-,17?,18-,19-/m1/s1. The largest absolute Gasteiger partial charge is 0.313 e. The van der Waals surface area contributed by atoms with Gasteiger partial charge in [0.2, 0.25) is 0 Å². The van der Waals surface area contributed by atoms with Crippen molar-refractivity contribution in [3.8, 4) is 0 Å². The first kappa shape index (κ1) is 11.5. The van der Waals surface area contributed by atoms with Crippen molar-refractivity contribution in [3.63, 3.8) is 0 Å². The summed E-state index contributed by atoms with van der Waals surface area (Å²) < 4.78 is 0. The van der Waals surface area contributed by atoms with Gasteiger partial charge in [0.05, 0.1) is 0 Å². The van der Waals surface area contributed by atoms with E-state index in [4.69, 9.17) is 0 Å². The highest BCUT2D eigenvalue weighted by molar-refractivity contribution is 5.26. The molecule has 1 unspecified atom stereocenters. The number of fused-ring (bicyclic) bond motifs is 2. The van der Waals surface area contributed by atoms with Crippen LogP contribution in [0.15, 0.2) is 0 Å². The number of piperidine rings is 1. The summed E-state index contributed by atoms with van der Waals surface area (Å²) in [6, 6.07) is 0.923. The van der Waals surface area contributed by atoms with E-state index in [1.54, 1.807) is 44.9 Å². The Labute approximate surface area is 123 Å². The van der Waals surface area contributed by atoms with Gasteiger partial charge in [-0.25, -0.2) is 0 Å². The fourth-order valence-corrected chi connectivity index (χ4v) is 9.40. The van der Waals surface area contributed by atoms with Crippen molar-refractivity contribution in [2.75, 3.05) is 6.54 Å². The normalized spacial score (nSPS) is 69.2. The maximum Gasteiger partial charge on any atom is 0.0163 e. The Morgan fingerprint density at radius 3 is 2.90 bits per heavy atom. The van der Waals surface area contributed by atoms with Crippen molar-refractivity contribution in [2.45, 2.75) is 64.3 Å². The summed E-state index contributed by atoms with van der Waals surface area (Å²) in [5, 5.41) is 4.13. The van der Waals surface area contributed by atoms with Crippen molar-refractivity contribution in [2.24, 2.45) is 46.3 Å². The minimum Gasteiger partial charge on any atom is -0.313 e. The molecule has 1 N–H and O–H groups in total. The molecule has 1 heteroatoms. The van der Waals surface area contributed by atoms with Crippen LogP contribution in [0.25, 0.3) is 0 Å². The highest BCUT2D eigenvalue weighted by atomic mass is 15.0. The van der Waals surface area contributed by atoms with Crippen molar-refractivity contribution >= 4 is 0 Å². The van der Waals surface area contributed by atoms with Crippen LogP contribution in [-0.2, 0) is 0 Å². The highest BCUT2D eigenvalue weighted by Crippen LogP contribution is 2.79. The zero-order valence-electron chi connectivity index (χ0n) is 12.9. The van der Waals surface area contributed by atoms with E-state index >= 15 is 0 Å². The van der Waals surface area contributed by atoms with Crippen molar-refractivity contribution < 1.29 is 0 Å². The molecule has 1 heterocycles. The molecule has 1 spiro atoms. The molecular formula is C19H29N. The third-order valence-corrected chi connectivity index (χ3v) is 9.66. The third-order valence-electron chi connectivity index (χ3n) is 9.66. The zero-order chi connectivity index (χ0) is 13.1. The minimum absolute atomic E-state index is 0.716. The predicted octanol–water partition coefficient (Wildman–Crippen LogP) is 3.84. The van der Waals surface area contributed by atoms with Gasteiger partial charge in [0.15, 0.2) is 0 Å². The van der Waals surface area contributed by atoms with Crippen LogP contribution in [0.2, 0.25) is 0 Å². The highest BCUT2D eigenvalue weighted by Gasteiger charge is 2.75. The lowest BCUT2D eigenvalue weighted by Crippen LogP contribution is -2.67. The molecule has 0 aromatic carbocycles. The molecule has 5 saturated carbocycles. The molecule has 6 fully saturated rings. The molecule has 6 aliphatic rings. The van der Waals surface area contributed by atoms with E-state index in [-0.39, 0.29) is 0 Å². The Kier molecular flexibility index (Phi) is 1.91. The van der Waals surface area contributed by atoms with Crippen LogP contribution in [0.4, 0.5) is 0 Å². The summed E-state index contributed by atoms with van der Waals surface area (Å²) >= 11 is 0. The van der Waals surface area contributed by atoms with Crippen LogP contribution < -0.4 is 5.32 Å². The van der Waals surface area contributed by atoms with Gasteiger partial charge in [-0.15, -0.1) is 0 Å². The molecule has 1 aliphatic heterocycles. The van der Waals surface area contributed by atoms with E-state index in [0.29, 0.717) is 5.41 Å². The fraction of sp³-hybridized carbons (Fsp3) is 1.00. The van der Waals surface area contributed by atoms with E-state index in [0.717, 1.165) is 47.0 Å². The van der Waals surface area contributed by atoms with Gasteiger partial charge in [0.1, 0.15) is 0 Å². The molecule has 0 aromatic heterocycles. The minimum atomic E-state index is 0.716. The van der Waals surface area contributed by atoms with Crippen LogP contribution in [-0.4, -0.2) is 12.6 Å². The summed E-state index contributed by atoms with van der Waals surface area (Å²) in [6.07, 6.45) is 12.6. The molecular weight excluding hydrogens is 242 g/mol. The predicted molar refractivity (Wildman–Crippen MR) is 80.2 cm³/mol. The van der Waals surface area contributed by atoms with Gasteiger partial charge in [-0.05, 0) is 91.4 Å². The van der Waals surface area contributed by atoms with E-state index in [1.807, 2.05) is 0 Å². The molecule has 9 atom stereocenters. The first-order valence-electron chi connectivity index (χ1n) is 9.47. The Balaban J connectivity index is 1.60. The van der Waals surface area contributed by atoms with Gasteiger partial charge in [0.25, 0.3) is 0 Å². The molecule has 0 aromatic rings. The number of nitrogens with one attached hydrogen (secondary N) is 1. The van der Waals surface area contributed by atoms with Crippen LogP contribution in [0.5, 0.6) is 0 Å². The molecule has 20 heavy (non-hydrogen) atoms. The van der Waals surface area contributed by atoms with Crippen LogP contribution in [0.1, 0.15) is 58.3 Å². The van der Waals surface area contributed by atoms with E-state index in [2.05, 4.69) is 12.2 Å². The smallest absolute Gasteiger partial charge is 0.0163 e. The van der Waals surface area contributed by atoms with Crippen molar-refractivity contribution in [1.29, 1.82) is 0 Å². The van der Waals surface area contributed by atoms with Crippen LogP contribution >= 0.6 is 0 Å². The quantitative estimate of drug-likeness (QED) is 0.706. The molecule has 0 radical (unpaired) electrons. The maximum atomic E-state index is 4.13. The fourth-order valence-electron chi connectivity index (χ4n) is 9.40. The summed E-state index contributed by atoms with van der Waals surface area (Å²) in [5.74, 6) is 6.55.